The molecule has 136 valence electrons. The molecule has 0 aliphatic rings. The Bertz CT molecular complexity index is 839. The largest absolute Gasteiger partial charge is 0.460 e. The number of aromatic amines is 1. The maximum atomic E-state index is 12.1. The summed E-state index contributed by atoms with van der Waals surface area (Å²) in [5.41, 5.74) is 2.17. The lowest BCUT2D eigenvalue weighted by molar-refractivity contribution is 0.0634. The van der Waals surface area contributed by atoms with Crippen molar-refractivity contribution < 1.29 is 13.9 Å². The number of hydrogen-bond donors (Lipinski definition) is 2. The van der Waals surface area contributed by atoms with E-state index >= 15 is 0 Å². The number of benzene rings is 1. The molecule has 3 aromatic rings. The molecule has 1 aromatic carbocycles. The first-order valence-corrected chi connectivity index (χ1v) is 8.70. The van der Waals surface area contributed by atoms with E-state index in [1.165, 1.54) is 0 Å². The van der Waals surface area contributed by atoms with E-state index in [0.717, 1.165) is 17.7 Å². The first kappa shape index (κ1) is 17.9. The molecule has 2 N–H and O–H groups in total. The molecule has 26 heavy (non-hydrogen) atoms. The summed E-state index contributed by atoms with van der Waals surface area (Å²) in [7, 11) is 0. The molecule has 0 fully saturated rings. The molecule has 2 heterocycles. The number of furan rings is 1. The van der Waals surface area contributed by atoms with Gasteiger partial charge in [-0.2, -0.15) is 5.10 Å². The monoisotopic (exact) mass is 353 g/mol. The highest BCUT2D eigenvalue weighted by atomic mass is 16.5. The molecule has 0 saturated heterocycles. The number of nitrogens with zero attached hydrogens (tertiary/aromatic N) is 1. The van der Waals surface area contributed by atoms with Crippen LogP contribution in [0.2, 0.25) is 0 Å². The summed E-state index contributed by atoms with van der Waals surface area (Å²) >= 11 is 0. The Balaban J connectivity index is 1.40. The predicted molar refractivity (Wildman–Crippen MR) is 98.8 cm³/mol. The lowest BCUT2D eigenvalue weighted by Gasteiger charge is -2.13. The molecule has 0 saturated carbocycles. The van der Waals surface area contributed by atoms with E-state index in [9.17, 15) is 4.79 Å². The molecule has 6 nitrogen and oxygen atoms in total. The number of aromatic nitrogens is 2. The quantitative estimate of drug-likeness (QED) is 0.602. The van der Waals surface area contributed by atoms with Gasteiger partial charge in [0.15, 0.2) is 11.5 Å². The van der Waals surface area contributed by atoms with Crippen molar-refractivity contribution in [1.82, 2.24) is 15.5 Å². The summed E-state index contributed by atoms with van der Waals surface area (Å²) in [6.45, 7) is 5.00. The third-order valence-corrected chi connectivity index (χ3v) is 4.06. The van der Waals surface area contributed by atoms with Gasteiger partial charge in [0.05, 0.1) is 6.10 Å². The Hall–Kier alpha value is -2.86. The van der Waals surface area contributed by atoms with Gasteiger partial charge in [-0.05, 0) is 38.0 Å². The zero-order valence-electron chi connectivity index (χ0n) is 15.0. The van der Waals surface area contributed by atoms with Gasteiger partial charge < -0.3 is 14.5 Å². The summed E-state index contributed by atoms with van der Waals surface area (Å²) in [6, 6.07) is 15.5. The van der Waals surface area contributed by atoms with Crippen LogP contribution < -0.4 is 5.32 Å². The molecule has 1 atom stereocenters. The highest BCUT2D eigenvalue weighted by Gasteiger charge is 2.13. The number of amides is 1. The van der Waals surface area contributed by atoms with Crippen LogP contribution >= 0.6 is 0 Å². The molecule has 0 aliphatic carbocycles. The average Bonchev–Trinajstić information content (AvgIpc) is 3.31. The average molecular weight is 353 g/mol. The van der Waals surface area contributed by atoms with Crippen LogP contribution in [0.5, 0.6) is 0 Å². The summed E-state index contributed by atoms with van der Waals surface area (Å²) in [5, 5.41) is 9.71. The van der Waals surface area contributed by atoms with Gasteiger partial charge in [0, 0.05) is 19.2 Å². The number of carbonyl (C=O) groups excluding carboxylic acids is 1. The third kappa shape index (κ3) is 4.61. The molecule has 0 aliphatic heterocycles. The SMILES string of the molecule is Cc1ccc(-c2cc(C(=O)NCCCOC(C)c3ccccc3)n[nH]2)o1. The minimum Gasteiger partial charge on any atom is -0.460 e. The van der Waals surface area contributed by atoms with E-state index in [-0.39, 0.29) is 12.0 Å². The van der Waals surface area contributed by atoms with Crippen LogP contribution in [-0.2, 0) is 4.74 Å². The second kappa shape index (κ2) is 8.49. The van der Waals surface area contributed by atoms with E-state index in [1.54, 1.807) is 6.07 Å². The van der Waals surface area contributed by atoms with Crippen molar-refractivity contribution >= 4 is 5.91 Å². The van der Waals surface area contributed by atoms with E-state index in [4.69, 9.17) is 9.15 Å². The second-order valence-corrected chi connectivity index (χ2v) is 6.11. The fraction of sp³-hybridized carbons (Fsp3) is 0.300. The van der Waals surface area contributed by atoms with Crippen molar-refractivity contribution in [2.24, 2.45) is 0 Å². The van der Waals surface area contributed by atoms with Gasteiger partial charge in [0.2, 0.25) is 0 Å². The Morgan fingerprint density at radius 2 is 2.08 bits per heavy atom. The zero-order chi connectivity index (χ0) is 18.4. The molecule has 1 unspecified atom stereocenters. The maximum Gasteiger partial charge on any atom is 0.271 e. The van der Waals surface area contributed by atoms with Crippen LogP contribution in [0.1, 0.15) is 41.3 Å². The van der Waals surface area contributed by atoms with Gasteiger partial charge in [0.25, 0.3) is 5.91 Å². The lowest BCUT2D eigenvalue weighted by atomic mass is 10.1. The summed E-state index contributed by atoms with van der Waals surface area (Å²) in [6.07, 6.45) is 0.773. The summed E-state index contributed by atoms with van der Waals surface area (Å²) in [4.78, 5) is 12.1. The standard InChI is InChI=1S/C20H23N3O3/c1-14-9-10-19(26-14)17-13-18(23-22-17)20(24)21-11-6-12-25-15(2)16-7-4-3-5-8-16/h3-5,7-10,13,15H,6,11-12H2,1-2H3,(H,21,24)(H,22,23). The van der Waals surface area contributed by atoms with Crippen molar-refractivity contribution in [3.63, 3.8) is 0 Å². The van der Waals surface area contributed by atoms with Gasteiger partial charge in [-0.3, -0.25) is 9.89 Å². The Morgan fingerprint density at radius 1 is 1.27 bits per heavy atom. The number of hydrogen-bond acceptors (Lipinski definition) is 4. The van der Waals surface area contributed by atoms with Crippen LogP contribution in [0.25, 0.3) is 11.5 Å². The topological polar surface area (TPSA) is 80.1 Å². The molecule has 1 amide bonds. The Labute approximate surface area is 152 Å². The summed E-state index contributed by atoms with van der Waals surface area (Å²) < 4.78 is 11.3. The van der Waals surface area contributed by atoms with Crippen molar-refractivity contribution in [1.29, 1.82) is 0 Å². The number of ether oxygens (including phenoxy) is 1. The number of aryl methyl sites for hydroxylation is 1. The van der Waals surface area contributed by atoms with Crippen LogP contribution in [0, 0.1) is 6.92 Å². The lowest BCUT2D eigenvalue weighted by Crippen LogP contribution is -2.25. The molecule has 6 heteroatoms. The minimum absolute atomic E-state index is 0.0394. The molecule has 0 bridgehead atoms. The van der Waals surface area contributed by atoms with Crippen LogP contribution in [0.3, 0.4) is 0 Å². The molecular formula is C20H23N3O3. The number of carbonyl (C=O) groups is 1. The van der Waals surface area contributed by atoms with E-state index in [2.05, 4.69) is 15.5 Å². The molecule has 0 radical (unpaired) electrons. The van der Waals surface area contributed by atoms with Gasteiger partial charge >= 0.3 is 0 Å². The number of H-pyrrole nitrogens is 1. The van der Waals surface area contributed by atoms with Crippen LogP contribution in [0.4, 0.5) is 0 Å². The van der Waals surface area contributed by atoms with E-state index < -0.39 is 0 Å². The number of nitrogens with one attached hydrogen (secondary N) is 2. The minimum atomic E-state index is -0.216. The highest BCUT2D eigenvalue weighted by molar-refractivity contribution is 5.93. The first-order chi connectivity index (χ1) is 12.6. The van der Waals surface area contributed by atoms with Crippen molar-refractivity contribution in [2.75, 3.05) is 13.2 Å². The zero-order valence-corrected chi connectivity index (χ0v) is 15.0. The molecule has 3 rings (SSSR count). The predicted octanol–water partition coefficient (Wildman–Crippen LogP) is 3.88. The Morgan fingerprint density at radius 3 is 2.81 bits per heavy atom. The van der Waals surface area contributed by atoms with Gasteiger partial charge in [-0.1, -0.05) is 30.3 Å². The van der Waals surface area contributed by atoms with Gasteiger partial charge in [-0.15, -0.1) is 0 Å². The van der Waals surface area contributed by atoms with Gasteiger partial charge in [0.1, 0.15) is 11.5 Å². The van der Waals surface area contributed by atoms with Gasteiger partial charge in [-0.25, -0.2) is 0 Å². The molecular weight excluding hydrogens is 330 g/mol. The smallest absolute Gasteiger partial charge is 0.271 e. The van der Waals surface area contributed by atoms with E-state index in [0.29, 0.717) is 30.3 Å². The van der Waals surface area contributed by atoms with Crippen molar-refractivity contribution in [3.05, 3.63) is 65.5 Å². The molecule has 0 spiro atoms. The maximum absolute atomic E-state index is 12.1. The Kier molecular flexibility index (Phi) is 5.86. The number of rotatable bonds is 8. The normalized spacial score (nSPS) is 12.1. The van der Waals surface area contributed by atoms with Crippen molar-refractivity contribution in [2.45, 2.75) is 26.4 Å². The first-order valence-electron chi connectivity index (χ1n) is 8.70. The summed E-state index contributed by atoms with van der Waals surface area (Å²) in [5.74, 6) is 1.26. The van der Waals surface area contributed by atoms with Crippen LogP contribution in [-0.4, -0.2) is 29.3 Å². The third-order valence-electron chi connectivity index (χ3n) is 4.06. The van der Waals surface area contributed by atoms with Crippen LogP contribution in [0.15, 0.2) is 52.9 Å². The highest BCUT2D eigenvalue weighted by Crippen LogP contribution is 2.20. The van der Waals surface area contributed by atoms with Crippen molar-refractivity contribution in [3.8, 4) is 11.5 Å². The fourth-order valence-corrected chi connectivity index (χ4v) is 2.59. The van der Waals surface area contributed by atoms with E-state index in [1.807, 2.05) is 56.3 Å². The fourth-order valence-electron chi connectivity index (χ4n) is 2.59. The molecule has 2 aromatic heterocycles. The second-order valence-electron chi connectivity index (χ2n) is 6.11.